The molecule has 9 aromatic carbocycles. The first-order valence-corrected chi connectivity index (χ1v) is 22.2. The van der Waals surface area contributed by atoms with Crippen LogP contribution < -0.4 is 9.64 Å². The van der Waals surface area contributed by atoms with E-state index < -0.39 is 5.41 Å². The van der Waals surface area contributed by atoms with E-state index in [1.54, 1.807) is 0 Å². The lowest BCUT2D eigenvalue weighted by atomic mass is 9.70. The molecule has 11 rings (SSSR count). The zero-order valence-electron chi connectivity index (χ0n) is 34.9. The van der Waals surface area contributed by atoms with Crippen molar-refractivity contribution >= 4 is 33.0 Å². The minimum atomic E-state index is -0.540. The fraction of sp³-hybridized carbons (Fsp3) is 0.0847. The maximum atomic E-state index is 7.49. The van der Waals surface area contributed by atoms with Gasteiger partial charge in [0.15, 0.2) is 0 Å². The molecule has 0 radical (unpaired) electrons. The lowest BCUT2D eigenvalue weighted by Gasteiger charge is -2.33. The molecule has 2 aliphatic carbocycles. The summed E-state index contributed by atoms with van der Waals surface area (Å²) in [5, 5.41) is 0. The average molecular weight is 863 g/mol. The van der Waals surface area contributed by atoms with Gasteiger partial charge in [-0.2, -0.15) is 0 Å². The summed E-state index contributed by atoms with van der Waals surface area (Å²) < 4.78 is 8.49. The molecule has 0 atom stereocenters. The predicted molar refractivity (Wildman–Crippen MR) is 261 cm³/mol. The third kappa shape index (κ3) is 6.06. The first kappa shape index (κ1) is 38.0. The van der Waals surface area contributed by atoms with Crippen molar-refractivity contribution in [1.82, 2.24) is 0 Å². The second-order valence-electron chi connectivity index (χ2n) is 17.4. The molecule has 0 saturated heterocycles. The molecule has 0 unspecified atom stereocenters. The van der Waals surface area contributed by atoms with Crippen LogP contribution in [0.5, 0.6) is 11.5 Å². The normalized spacial score (nSPS) is 13.0. The van der Waals surface area contributed by atoms with Gasteiger partial charge in [-0.3, -0.25) is 0 Å². The Morgan fingerprint density at radius 2 is 0.919 bits per heavy atom. The van der Waals surface area contributed by atoms with E-state index in [-0.39, 0.29) is 5.41 Å². The highest BCUT2D eigenvalue weighted by atomic mass is 79.9. The Hall–Kier alpha value is -6.94. The highest BCUT2D eigenvalue weighted by Gasteiger charge is 2.53. The molecule has 0 heterocycles. The number of para-hydroxylation sites is 1. The molecule has 0 aromatic heterocycles. The van der Waals surface area contributed by atoms with Crippen LogP contribution in [-0.2, 0) is 10.8 Å². The topological polar surface area (TPSA) is 12.5 Å². The summed E-state index contributed by atoms with van der Waals surface area (Å²) in [6, 6.07) is 77.0. The summed E-state index contributed by atoms with van der Waals surface area (Å²) in [6.07, 6.45) is 0. The quantitative estimate of drug-likeness (QED) is 0.158. The molecule has 0 fully saturated rings. The van der Waals surface area contributed by atoms with E-state index in [4.69, 9.17) is 4.74 Å². The fourth-order valence-corrected chi connectivity index (χ4v) is 10.4. The van der Waals surface area contributed by atoms with Gasteiger partial charge in [-0.05, 0) is 97.4 Å². The molecule has 0 N–H and O–H groups in total. The number of hydrogen-bond donors (Lipinski definition) is 0. The SMILES string of the molecule is CC(C)(C)c1cc(Oc2cccc3c2C2(c4ccccc4-c4ccccc42)c2ccccc2-3)cc(N(c2cccc(Br)c2)c2c(-c3ccccc3)cccc2-c2ccccc2)c1. The predicted octanol–water partition coefficient (Wildman–Crippen LogP) is 16.7. The number of nitrogens with zero attached hydrogens (tertiary/aromatic N) is 1. The minimum absolute atomic E-state index is 0.197. The van der Waals surface area contributed by atoms with Crippen LogP contribution in [-0.4, -0.2) is 0 Å². The zero-order valence-corrected chi connectivity index (χ0v) is 36.5. The van der Waals surface area contributed by atoms with Crippen molar-refractivity contribution in [3.8, 4) is 56.0 Å². The van der Waals surface area contributed by atoms with Gasteiger partial charge in [-0.1, -0.05) is 207 Å². The average Bonchev–Trinajstić information content (AvgIpc) is 3.77. The summed E-state index contributed by atoms with van der Waals surface area (Å²) in [6.45, 7) is 6.85. The van der Waals surface area contributed by atoms with Crippen LogP contribution in [0, 0.1) is 0 Å². The van der Waals surface area contributed by atoms with Crippen molar-refractivity contribution in [2.45, 2.75) is 31.6 Å². The van der Waals surface area contributed by atoms with Crippen LogP contribution in [0.4, 0.5) is 17.1 Å². The van der Waals surface area contributed by atoms with Gasteiger partial charge in [0.05, 0.1) is 16.8 Å². The van der Waals surface area contributed by atoms with E-state index in [9.17, 15) is 0 Å². The number of benzene rings is 9. The molecule has 298 valence electrons. The van der Waals surface area contributed by atoms with Crippen molar-refractivity contribution in [2.24, 2.45) is 0 Å². The van der Waals surface area contributed by atoms with Gasteiger partial charge in [0.1, 0.15) is 11.5 Å². The third-order valence-electron chi connectivity index (χ3n) is 12.7. The Labute approximate surface area is 372 Å². The first-order valence-electron chi connectivity index (χ1n) is 21.4. The highest BCUT2D eigenvalue weighted by Crippen LogP contribution is 2.65. The Kier molecular flexibility index (Phi) is 9.14. The number of halogens is 1. The number of hydrogen-bond acceptors (Lipinski definition) is 2. The number of anilines is 3. The van der Waals surface area contributed by atoms with E-state index >= 15 is 0 Å². The molecule has 0 saturated carbocycles. The molecular weight excluding hydrogens is 819 g/mol. The Balaban J connectivity index is 1.17. The van der Waals surface area contributed by atoms with Crippen LogP contribution in [0.2, 0.25) is 0 Å². The lowest BCUT2D eigenvalue weighted by Crippen LogP contribution is -2.26. The monoisotopic (exact) mass is 861 g/mol. The van der Waals surface area contributed by atoms with Crippen molar-refractivity contribution < 1.29 is 4.74 Å². The second-order valence-corrected chi connectivity index (χ2v) is 18.3. The Morgan fingerprint density at radius 1 is 0.435 bits per heavy atom. The fourth-order valence-electron chi connectivity index (χ4n) is 10.0. The molecule has 9 aromatic rings. The molecule has 2 aliphatic rings. The summed E-state index contributed by atoms with van der Waals surface area (Å²) in [7, 11) is 0. The van der Waals surface area contributed by atoms with Crippen LogP contribution in [0.3, 0.4) is 0 Å². The third-order valence-corrected chi connectivity index (χ3v) is 13.2. The molecule has 3 heteroatoms. The summed E-state index contributed by atoms with van der Waals surface area (Å²) >= 11 is 3.85. The Morgan fingerprint density at radius 3 is 1.48 bits per heavy atom. The largest absolute Gasteiger partial charge is 0.457 e. The van der Waals surface area contributed by atoms with Crippen molar-refractivity contribution in [3.05, 3.63) is 245 Å². The van der Waals surface area contributed by atoms with E-state index in [0.717, 1.165) is 55.3 Å². The summed E-state index contributed by atoms with van der Waals surface area (Å²) in [5.41, 5.74) is 18.2. The second kappa shape index (κ2) is 14.9. The molecule has 62 heavy (non-hydrogen) atoms. The lowest BCUT2D eigenvalue weighted by molar-refractivity contribution is 0.468. The van der Waals surface area contributed by atoms with Gasteiger partial charge in [0, 0.05) is 32.9 Å². The van der Waals surface area contributed by atoms with E-state index in [1.165, 1.54) is 50.1 Å². The standard InChI is InChI=1S/C59H44BrNO/c1-58(2,3)41-35-44(61(43-24-16-23-42(60)37-43)57-46(39-19-6-4-7-20-39)28-17-29-47(57)40-21-8-5-9-22-40)38-45(36-41)62-55-34-18-30-51-50-27-12-15-33-54(50)59(56(51)55)52-31-13-10-25-48(52)49-26-11-14-32-53(49)59/h4-38H,1-3H3. The van der Waals surface area contributed by atoms with Crippen LogP contribution in [0.15, 0.2) is 217 Å². The van der Waals surface area contributed by atoms with Crippen LogP contribution in [0.25, 0.3) is 44.5 Å². The highest BCUT2D eigenvalue weighted by molar-refractivity contribution is 9.10. The van der Waals surface area contributed by atoms with Crippen LogP contribution >= 0.6 is 15.9 Å². The first-order chi connectivity index (χ1) is 30.3. The van der Waals surface area contributed by atoms with Gasteiger partial charge >= 0.3 is 0 Å². The molecule has 1 spiro atoms. The summed E-state index contributed by atoms with van der Waals surface area (Å²) in [4.78, 5) is 2.42. The minimum Gasteiger partial charge on any atom is -0.457 e. The van der Waals surface area contributed by atoms with Crippen molar-refractivity contribution in [3.63, 3.8) is 0 Å². The maximum Gasteiger partial charge on any atom is 0.132 e. The van der Waals surface area contributed by atoms with Crippen molar-refractivity contribution in [1.29, 1.82) is 0 Å². The zero-order chi connectivity index (χ0) is 42.0. The molecule has 0 amide bonds. The number of rotatable bonds is 7. The number of ether oxygens (including phenoxy) is 1. The smallest absolute Gasteiger partial charge is 0.132 e. The van der Waals surface area contributed by atoms with E-state index in [1.807, 2.05) is 0 Å². The molecule has 0 bridgehead atoms. The molecular formula is C59H44BrNO. The van der Waals surface area contributed by atoms with E-state index in [2.05, 4.69) is 254 Å². The van der Waals surface area contributed by atoms with Gasteiger partial charge in [0.2, 0.25) is 0 Å². The number of fused-ring (bicyclic) bond motifs is 10. The van der Waals surface area contributed by atoms with Gasteiger partial charge < -0.3 is 9.64 Å². The maximum absolute atomic E-state index is 7.49. The van der Waals surface area contributed by atoms with E-state index in [0.29, 0.717) is 0 Å². The van der Waals surface area contributed by atoms with Crippen molar-refractivity contribution in [2.75, 3.05) is 4.90 Å². The van der Waals surface area contributed by atoms with Gasteiger partial charge in [0.25, 0.3) is 0 Å². The van der Waals surface area contributed by atoms with Gasteiger partial charge in [-0.25, -0.2) is 0 Å². The Bertz CT molecular complexity index is 3040. The summed E-state index contributed by atoms with van der Waals surface area (Å²) in [5.74, 6) is 1.64. The van der Waals surface area contributed by atoms with Gasteiger partial charge in [-0.15, -0.1) is 0 Å². The van der Waals surface area contributed by atoms with Crippen LogP contribution in [0.1, 0.15) is 48.6 Å². The molecule has 0 aliphatic heterocycles. The molecule has 2 nitrogen and oxygen atoms in total.